The van der Waals surface area contributed by atoms with Gasteiger partial charge < -0.3 is 27.0 Å². The molecule has 17 rings (SSSR count). The van der Waals surface area contributed by atoms with Crippen LogP contribution in [0.5, 0.6) is 0 Å². The minimum Gasteiger partial charge on any atom is -0.456 e. The Balaban J connectivity index is 0.000000142. The predicted molar refractivity (Wildman–Crippen MR) is 342 cm³/mol. The van der Waals surface area contributed by atoms with Crippen LogP contribution in [0.25, 0.3) is 156 Å². The van der Waals surface area contributed by atoms with Crippen molar-refractivity contribution in [1.29, 1.82) is 0 Å². The number of aromatic nitrogens is 6. The van der Waals surface area contributed by atoms with Crippen molar-refractivity contribution in [2.45, 2.75) is 38.9 Å². The molecule has 1 fully saturated rings. The zero-order valence-electron chi connectivity index (χ0n) is 46.9. The van der Waals surface area contributed by atoms with E-state index >= 15 is 0 Å². The lowest BCUT2D eigenvalue weighted by molar-refractivity contribution is 0.00578. The van der Waals surface area contributed by atoms with Crippen LogP contribution in [0.3, 0.4) is 0 Å². The van der Waals surface area contributed by atoms with Gasteiger partial charge in [0.2, 0.25) is 0 Å². The van der Waals surface area contributed by atoms with Gasteiger partial charge in [0.05, 0.1) is 11.2 Å². The molecule has 0 unspecified atom stereocenters. The maximum absolute atomic E-state index is 6.43. The van der Waals surface area contributed by atoms with Crippen molar-refractivity contribution in [3.8, 4) is 68.3 Å². The Bertz CT molecular complexity index is 5350. The highest BCUT2D eigenvalue weighted by molar-refractivity contribution is 6.62. The Kier molecular flexibility index (Phi) is 11.9. The number of furan rings is 4. The maximum atomic E-state index is 6.43. The molecule has 16 aromatic rings. The number of halogens is 1. The number of benzene rings is 10. The largest absolute Gasteiger partial charge is 0.494 e. The molecular formula is C72H48BClN6O6. The number of hydrogen-bond donors (Lipinski definition) is 0. The molecule has 0 spiro atoms. The first kappa shape index (κ1) is 51.3. The van der Waals surface area contributed by atoms with E-state index in [1.165, 1.54) is 0 Å². The lowest BCUT2D eigenvalue weighted by atomic mass is 9.79. The third-order valence-electron chi connectivity index (χ3n) is 16.6. The minimum atomic E-state index is -0.466. The van der Waals surface area contributed by atoms with Crippen molar-refractivity contribution < 1.29 is 27.0 Å². The van der Waals surface area contributed by atoms with E-state index in [1.807, 2.05) is 176 Å². The SMILES string of the molecule is CC1(C)OB(c2ccc3c(c2)oc2cc(-c4nc(-c5ccccc5)nc(-c5ccc6c(c5)oc5ccccc56)n4)ccc23)OC1(C)C.Clc1ccc2c(c1)oc1cc(-c3nc(-c4ccccc4)nc(-c4ccc5c(c4)oc4ccccc45)n3)ccc12. The molecule has 14 heteroatoms. The highest BCUT2D eigenvalue weighted by Gasteiger charge is 2.51. The van der Waals surface area contributed by atoms with Gasteiger partial charge in [0, 0.05) is 87.6 Å². The van der Waals surface area contributed by atoms with Gasteiger partial charge in [-0.1, -0.05) is 145 Å². The highest BCUT2D eigenvalue weighted by Crippen LogP contribution is 2.40. The summed E-state index contributed by atoms with van der Waals surface area (Å²) in [4.78, 5) is 29.5. The van der Waals surface area contributed by atoms with Crippen molar-refractivity contribution in [3.05, 3.63) is 223 Å². The van der Waals surface area contributed by atoms with Crippen molar-refractivity contribution in [3.63, 3.8) is 0 Å². The maximum Gasteiger partial charge on any atom is 0.494 e. The number of fused-ring (bicyclic) bond motifs is 12. The van der Waals surface area contributed by atoms with E-state index in [2.05, 4.69) is 70.2 Å². The summed E-state index contributed by atoms with van der Waals surface area (Å²) in [7, 11) is -0.466. The van der Waals surface area contributed by atoms with E-state index in [-0.39, 0.29) is 0 Å². The van der Waals surface area contributed by atoms with Gasteiger partial charge in [-0.05, 0) is 112 Å². The van der Waals surface area contributed by atoms with Crippen LogP contribution in [-0.2, 0) is 9.31 Å². The summed E-state index contributed by atoms with van der Waals surface area (Å²) in [6.07, 6.45) is 0. The second-order valence-electron chi connectivity index (χ2n) is 22.6. The number of hydrogen-bond acceptors (Lipinski definition) is 12. The Morgan fingerprint density at radius 2 is 0.570 bits per heavy atom. The standard InChI is InChI=1S/C39H30BN3O4.C33H18ClN3O2/c1-38(2)39(3,4)47-40(46-38)26-16-19-30-29-18-15-25(21-33(29)45-34(30)22-26)37-42-35(23-10-6-5-7-11-23)41-36(43-37)24-14-17-28-27-12-8-9-13-31(27)44-32(28)20-24;34-22-12-15-26-25-14-11-21(17-29(25)39-30(26)18-22)33-36-31(19-6-2-1-3-7-19)35-32(37-33)20-10-13-24-23-8-4-5-9-27(23)38-28(24)16-20/h5-22H,1-4H3;1-18H. The molecule has 1 aliphatic heterocycles. The molecule has 0 bridgehead atoms. The first-order valence-corrected chi connectivity index (χ1v) is 28.7. The fourth-order valence-corrected chi connectivity index (χ4v) is 11.5. The summed E-state index contributed by atoms with van der Waals surface area (Å²) >= 11 is 6.19. The summed E-state index contributed by atoms with van der Waals surface area (Å²) in [5.41, 5.74) is 11.5. The predicted octanol–water partition coefficient (Wildman–Crippen LogP) is 18.3. The Hall–Kier alpha value is -10.3. The monoisotopic (exact) mass is 1140 g/mol. The third kappa shape index (κ3) is 8.94. The molecule has 0 aliphatic carbocycles. The average Bonchev–Trinajstić information content (AvgIpc) is 4.15. The van der Waals surface area contributed by atoms with E-state index in [0.29, 0.717) is 40.0 Å². The highest BCUT2D eigenvalue weighted by atomic mass is 35.5. The van der Waals surface area contributed by atoms with Crippen LogP contribution in [0.1, 0.15) is 27.7 Å². The molecule has 412 valence electrons. The fraction of sp³-hybridized carbons (Fsp3) is 0.0833. The van der Waals surface area contributed by atoms with Gasteiger partial charge in [-0.25, -0.2) is 29.9 Å². The van der Waals surface area contributed by atoms with E-state index < -0.39 is 18.3 Å². The molecule has 1 saturated heterocycles. The number of rotatable bonds is 7. The van der Waals surface area contributed by atoms with E-state index in [1.54, 1.807) is 0 Å². The summed E-state index contributed by atoms with van der Waals surface area (Å²) < 4.78 is 37.5. The van der Waals surface area contributed by atoms with Gasteiger partial charge in [-0.3, -0.25) is 0 Å². The van der Waals surface area contributed by atoms with Gasteiger partial charge >= 0.3 is 7.12 Å². The normalized spacial score (nSPS) is 13.9. The molecule has 0 amide bonds. The van der Waals surface area contributed by atoms with Crippen LogP contribution >= 0.6 is 11.6 Å². The van der Waals surface area contributed by atoms with Crippen LogP contribution < -0.4 is 5.46 Å². The molecule has 0 N–H and O–H groups in total. The third-order valence-corrected chi connectivity index (χ3v) is 16.8. The molecule has 6 aromatic heterocycles. The van der Waals surface area contributed by atoms with Crippen molar-refractivity contribution in [2.24, 2.45) is 0 Å². The lowest BCUT2D eigenvalue weighted by Crippen LogP contribution is -2.41. The summed E-state index contributed by atoms with van der Waals surface area (Å²) in [5.74, 6) is 3.43. The summed E-state index contributed by atoms with van der Waals surface area (Å²) in [6, 6.07) is 72.1. The molecular weight excluding hydrogens is 1090 g/mol. The van der Waals surface area contributed by atoms with Crippen LogP contribution in [0, 0.1) is 0 Å². The lowest BCUT2D eigenvalue weighted by Gasteiger charge is -2.32. The van der Waals surface area contributed by atoms with Crippen LogP contribution in [0.2, 0.25) is 5.02 Å². The van der Waals surface area contributed by atoms with Gasteiger partial charge in [-0.15, -0.1) is 0 Å². The Morgan fingerprint density at radius 3 is 0.965 bits per heavy atom. The van der Waals surface area contributed by atoms with Crippen LogP contribution in [0.4, 0.5) is 0 Å². The quantitative estimate of drug-likeness (QED) is 0.140. The van der Waals surface area contributed by atoms with Crippen LogP contribution in [0.15, 0.2) is 236 Å². The fourth-order valence-electron chi connectivity index (χ4n) is 11.4. The van der Waals surface area contributed by atoms with Gasteiger partial charge in [0.1, 0.15) is 44.7 Å². The zero-order valence-corrected chi connectivity index (χ0v) is 47.6. The minimum absolute atomic E-state index is 0.421. The topological polar surface area (TPSA) is 148 Å². The Labute approximate surface area is 496 Å². The molecule has 7 heterocycles. The van der Waals surface area contributed by atoms with Crippen molar-refractivity contribution >= 4 is 112 Å². The molecule has 12 nitrogen and oxygen atoms in total. The first-order chi connectivity index (χ1) is 41.9. The average molecular weight is 1140 g/mol. The van der Waals surface area contributed by atoms with Crippen molar-refractivity contribution in [2.75, 3.05) is 0 Å². The smallest absolute Gasteiger partial charge is 0.456 e. The van der Waals surface area contributed by atoms with Gasteiger partial charge in [0.15, 0.2) is 34.9 Å². The molecule has 0 atom stereocenters. The second-order valence-corrected chi connectivity index (χ2v) is 23.0. The molecule has 10 aromatic carbocycles. The zero-order chi connectivity index (χ0) is 57.8. The van der Waals surface area contributed by atoms with Gasteiger partial charge in [0.25, 0.3) is 0 Å². The second kappa shape index (κ2) is 19.9. The van der Waals surface area contributed by atoms with E-state index in [4.69, 9.17) is 68.5 Å². The molecule has 86 heavy (non-hydrogen) atoms. The van der Waals surface area contributed by atoms with E-state index in [9.17, 15) is 0 Å². The van der Waals surface area contributed by atoms with Gasteiger partial charge in [-0.2, -0.15) is 0 Å². The Morgan fingerprint density at radius 1 is 0.279 bits per heavy atom. The first-order valence-electron chi connectivity index (χ1n) is 28.3. The van der Waals surface area contributed by atoms with Crippen molar-refractivity contribution in [1.82, 2.24) is 29.9 Å². The molecule has 1 aliphatic rings. The molecule has 0 saturated carbocycles. The number of para-hydroxylation sites is 2. The van der Waals surface area contributed by atoms with Crippen LogP contribution in [-0.4, -0.2) is 48.2 Å². The summed E-state index contributed by atoms with van der Waals surface area (Å²) in [6.45, 7) is 8.23. The number of nitrogens with zero attached hydrogens (tertiary/aromatic N) is 6. The summed E-state index contributed by atoms with van der Waals surface area (Å²) in [5, 5.41) is 8.97. The molecule has 0 radical (unpaired) electrons. The van der Waals surface area contributed by atoms with E-state index in [0.717, 1.165) is 127 Å².